The molecule has 7 nitrogen and oxygen atoms in total. The molecule has 0 atom stereocenters. The SMILES string of the molecule is Cc1ccccc1NC(=O)Cn1cc(-c2nc(C3CC3)no2)ccc1=O. The van der Waals surface area contributed by atoms with Crippen LogP contribution in [0, 0.1) is 6.92 Å². The molecule has 3 aromatic rings. The van der Waals surface area contributed by atoms with E-state index in [1.165, 1.54) is 10.6 Å². The maximum Gasteiger partial charge on any atom is 0.259 e. The zero-order chi connectivity index (χ0) is 18.1. The highest BCUT2D eigenvalue weighted by molar-refractivity contribution is 5.91. The monoisotopic (exact) mass is 350 g/mol. The number of anilines is 1. The van der Waals surface area contributed by atoms with Crippen molar-refractivity contribution >= 4 is 11.6 Å². The molecule has 1 saturated carbocycles. The Bertz CT molecular complexity index is 1020. The highest BCUT2D eigenvalue weighted by Crippen LogP contribution is 2.38. The Morgan fingerprint density at radius 1 is 1.27 bits per heavy atom. The molecule has 2 aromatic heterocycles. The summed E-state index contributed by atoms with van der Waals surface area (Å²) in [5, 5.41) is 6.80. The fourth-order valence-electron chi connectivity index (χ4n) is 2.70. The molecule has 0 spiro atoms. The summed E-state index contributed by atoms with van der Waals surface area (Å²) in [6.45, 7) is 1.82. The van der Waals surface area contributed by atoms with E-state index in [0.717, 1.165) is 24.1 Å². The van der Waals surface area contributed by atoms with Crippen molar-refractivity contribution in [1.29, 1.82) is 0 Å². The van der Waals surface area contributed by atoms with Crippen molar-refractivity contribution in [3.05, 3.63) is 64.3 Å². The largest absolute Gasteiger partial charge is 0.334 e. The molecule has 26 heavy (non-hydrogen) atoms. The Labute approximate surface area is 149 Å². The van der Waals surface area contributed by atoms with Crippen molar-refractivity contribution in [2.75, 3.05) is 5.32 Å². The fraction of sp³-hybridized carbons (Fsp3) is 0.263. The minimum absolute atomic E-state index is 0.0926. The topological polar surface area (TPSA) is 90.0 Å². The number of nitrogens with zero attached hydrogens (tertiary/aromatic N) is 3. The molecule has 1 fully saturated rings. The molecule has 132 valence electrons. The quantitative estimate of drug-likeness (QED) is 0.764. The Hall–Kier alpha value is -3.22. The van der Waals surface area contributed by atoms with Crippen molar-refractivity contribution in [3.8, 4) is 11.5 Å². The Morgan fingerprint density at radius 3 is 2.85 bits per heavy atom. The molecule has 1 aromatic carbocycles. The number of hydrogen-bond acceptors (Lipinski definition) is 5. The number of benzene rings is 1. The van der Waals surface area contributed by atoms with Gasteiger partial charge in [-0.05, 0) is 37.5 Å². The van der Waals surface area contributed by atoms with Gasteiger partial charge in [-0.1, -0.05) is 23.4 Å². The van der Waals surface area contributed by atoms with E-state index in [9.17, 15) is 9.59 Å². The van der Waals surface area contributed by atoms with E-state index in [2.05, 4.69) is 15.5 Å². The zero-order valence-electron chi connectivity index (χ0n) is 14.3. The third kappa shape index (κ3) is 3.42. The molecule has 4 rings (SSSR count). The van der Waals surface area contributed by atoms with Crippen molar-refractivity contribution in [3.63, 3.8) is 0 Å². The van der Waals surface area contributed by atoms with Gasteiger partial charge in [0.25, 0.3) is 11.4 Å². The summed E-state index contributed by atoms with van der Waals surface area (Å²) in [5.41, 5.74) is 2.04. The van der Waals surface area contributed by atoms with Crippen LogP contribution in [0.15, 0.2) is 51.9 Å². The number of carbonyl (C=O) groups excluding carboxylic acids is 1. The molecule has 7 heteroatoms. The third-order valence-corrected chi connectivity index (χ3v) is 4.35. The van der Waals surface area contributed by atoms with Crippen molar-refractivity contribution in [2.24, 2.45) is 0 Å². The average molecular weight is 350 g/mol. The van der Waals surface area contributed by atoms with E-state index < -0.39 is 0 Å². The molecule has 0 bridgehead atoms. The van der Waals surface area contributed by atoms with Gasteiger partial charge in [-0.15, -0.1) is 0 Å². The van der Waals surface area contributed by atoms with Gasteiger partial charge in [0.05, 0.1) is 5.56 Å². The van der Waals surface area contributed by atoms with E-state index in [4.69, 9.17) is 4.52 Å². The first kappa shape index (κ1) is 16.3. The van der Waals surface area contributed by atoms with Crippen LogP contribution in [0.2, 0.25) is 0 Å². The van der Waals surface area contributed by atoms with Crippen LogP contribution in [0.3, 0.4) is 0 Å². The van der Waals surface area contributed by atoms with Gasteiger partial charge in [-0.3, -0.25) is 9.59 Å². The maximum absolute atomic E-state index is 12.3. The van der Waals surface area contributed by atoms with Crippen LogP contribution in [0.4, 0.5) is 5.69 Å². The van der Waals surface area contributed by atoms with Gasteiger partial charge in [0.2, 0.25) is 5.91 Å². The number of hydrogen-bond donors (Lipinski definition) is 1. The Balaban J connectivity index is 1.53. The minimum atomic E-state index is -0.275. The number of amides is 1. The second kappa shape index (κ2) is 6.59. The van der Waals surface area contributed by atoms with Gasteiger partial charge in [0, 0.05) is 23.9 Å². The summed E-state index contributed by atoms with van der Waals surface area (Å²) >= 11 is 0. The molecule has 1 amide bonds. The summed E-state index contributed by atoms with van der Waals surface area (Å²) in [7, 11) is 0. The number of pyridine rings is 1. The normalized spacial score (nSPS) is 13.6. The van der Waals surface area contributed by atoms with Crippen molar-refractivity contribution in [2.45, 2.75) is 32.2 Å². The van der Waals surface area contributed by atoms with E-state index in [-0.39, 0.29) is 18.0 Å². The number of carbonyl (C=O) groups is 1. The van der Waals surface area contributed by atoms with Gasteiger partial charge in [0.1, 0.15) is 6.54 Å². The van der Waals surface area contributed by atoms with Crippen LogP contribution < -0.4 is 10.9 Å². The summed E-state index contributed by atoms with van der Waals surface area (Å²) in [6.07, 6.45) is 3.74. The first-order chi connectivity index (χ1) is 12.6. The lowest BCUT2D eigenvalue weighted by atomic mass is 10.2. The lowest BCUT2D eigenvalue weighted by molar-refractivity contribution is -0.116. The summed E-state index contributed by atoms with van der Waals surface area (Å²) in [4.78, 5) is 28.8. The van der Waals surface area contributed by atoms with Crippen LogP contribution in [0.1, 0.15) is 30.1 Å². The van der Waals surface area contributed by atoms with Crippen LogP contribution in [0.25, 0.3) is 11.5 Å². The zero-order valence-corrected chi connectivity index (χ0v) is 14.3. The first-order valence-electron chi connectivity index (χ1n) is 8.50. The Kier molecular flexibility index (Phi) is 4.12. The second-order valence-corrected chi connectivity index (χ2v) is 6.48. The van der Waals surface area contributed by atoms with E-state index in [1.54, 1.807) is 12.3 Å². The van der Waals surface area contributed by atoms with Gasteiger partial charge >= 0.3 is 0 Å². The lowest BCUT2D eigenvalue weighted by Gasteiger charge is -2.10. The van der Waals surface area contributed by atoms with Crippen LogP contribution in [-0.4, -0.2) is 20.6 Å². The predicted octanol–water partition coefficient (Wildman–Crippen LogP) is 2.72. The standard InChI is InChI=1S/C19H18N4O3/c1-12-4-2-3-5-15(12)20-16(24)11-23-10-14(8-9-17(23)25)19-21-18(22-26-19)13-6-7-13/h2-5,8-10,13H,6-7,11H2,1H3,(H,20,24). The van der Waals surface area contributed by atoms with Crippen molar-refractivity contribution in [1.82, 2.24) is 14.7 Å². The maximum atomic E-state index is 12.3. The molecular weight excluding hydrogens is 332 g/mol. The van der Waals surface area contributed by atoms with Crippen LogP contribution in [-0.2, 0) is 11.3 Å². The highest BCUT2D eigenvalue weighted by atomic mass is 16.5. The Morgan fingerprint density at radius 2 is 2.08 bits per heavy atom. The van der Waals surface area contributed by atoms with Gasteiger partial charge < -0.3 is 14.4 Å². The molecule has 1 aliphatic carbocycles. The highest BCUT2D eigenvalue weighted by Gasteiger charge is 2.29. The lowest BCUT2D eigenvalue weighted by Crippen LogP contribution is -2.27. The van der Waals surface area contributed by atoms with Gasteiger partial charge in [-0.25, -0.2) is 0 Å². The number of rotatable bonds is 5. The van der Waals surface area contributed by atoms with E-state index in [0.29, 0.717) is 23.2 Å². The fourth-order valence-corrected chi connectivity index (χ4v) is 2.70. The summed E-state index contributed by atoms with van der Waals surface area (Å²) in [5.74, 6) is 1.18. The molecule has 0 radical (unpaired) electrons. The van der Waals surface area contributed by atoms with Crippen LogP contribution in [0.5, 0.6) is 0 Å². The van der Waals surface area contributed by atoms with E-state index >= 15 is 0 Å². The molecule has 1 N–H and O–H groups in total. The molecule has 0 unspecified atom stereocenters. The average Bonchev–Trinajstić information content (AvgIpc) is 3.36. The third-order valence-electron chi connectivity index (χ3n) is 4.35. The number of nitrogens with one attached hydrogen (secondary N) is 1. The van der Waals surface area contributed by atoms with Crippen LogP contribution >= 0.6 is 0 Å². The molecule has 0 aliphatic heterocycles. The molecule has 0 saturated heterocycles. The van der Waals surface area contributed by atoms with Gasteiger partial charge in [-0.2, -0.15) is 4.98 Å². The molecular formula is C19H18N4O3. The van der Waals surface area contributed by atoms with E-state index in [1.807, 2.05) is 31.2 Å². The number of aryl methyl sites for hydroxylation is 1. The smallest absolute Gasteiger partial charge is 0.259 e. The molecule has 2 heterocycles. The van der Waals surface area contributed by atoms with Crippen molar-refractivity contribution < 1.29 is 9.32 Å². The first-order valence-corrected chi connectivity index (χ1v) is 8.50. The van der Waals surface area contributed by atoms with Gasteiger partial charge in [0.15, 0.2) is 5.82 Å². The summed E-state index contributed by atoms with van der Waals surface area (Å²) in [6, 6.07) is 10.5. The number of aromatic nitrogens is 3. The summed E-state index contributed by atoms with van der Waals surface area (Å²) < 4.78 is 6.62. The second-order valence-electron chi connectivity index (χ2n) is 6.48. The minimum Gasteiger partial charge on any atom is -0.334 e. The number of para-hydroxylation sites is 1. The molecule has 1 aliphatic rings. The predicted molar refractivity (Wildman–Crippen MR) is 95.8 cm³/mol.